The quantitative estimate of drug-likeness (QED) is 0.556. The maximum Gasteiger partial charge on any atom is 0.239 e. The molecule has 28 heavy (non-hydrogen) atoms. The first kappa shape index (κ1) is 19.4. The predicted molar refractivity (Wildman–Crippen MR) is 108 cm³/mol. The Hall–Kier alpha value is -3.32. The zero-order valence-corrected chi connectivity index (χ0v) is 15.9. The third-order valence-corrected chi connectivity index (χ3v) is 4.00. The summed E-state index contributed by atoms with van der Waals surface area (Å²) in [6.45, 7) is 0.542. The van der Waals surface area contributed by atoms with Crippen molar-refractivity contribution in [3.8, 4) is 17.4 Å². The highest BCUT2D eigenvalue weighted by Crippen LogP contribution is 2.24. The second-order valence-corrected chi connectivity index (χ2v) is 5.99. The number of amides is 1. The fourth-order valence-electron chi connectivity index (χ4n) is 2.48. The average molecular weight is 399 g/mol. The van der Waals surface area contributed by atoms with Gasteiger partial charge < -0.3 is 20.1 Å². The number of carbonyl (C=O) groups excluding carboxylic acids is 1. The van der Waals surface area contributed by atoms with Gasteiger partial charge in [-0.2, -0.15) is 0 Å². The maximum absolute atomic E-state index is 11.4. The summed E-state index contributed by atoms with van der Waals surface area (Å²) >= 11 is 5.51. The number of rotatable bonds is 8. The molecule has 0 atom stereocenters. The number of alkyl halides is 1. The summed E-state index contributed by atoms with van der Waals surface area (Å²) in [7, 11) is 1.64. The molecular weight excluding hydrogens is 380 g/mol. The van der Waals surface area contributed by atoms with Crippen molar-refractivity contribution < 1.29 is 14.3 Å². The van der Waals surface area contributed by atoms with Crippen molar-refractivity contribution in [1.29, 1.82) is 0 Å². The van der Waals surface area contributed by atoms with Crippen LogP contribution in [0.3, 0.4) is 0 Å². The molecule has 1 aromatic heterocycles. The van der Waals surface area contributed by atoms with Gasteiger partial charge in [-0.25, -0.2) is 9.97 Å². The van der Waals surface area contributed by atoms with Crippen LogP contribution < -0.4 is 20.1 Å². The number of halogens is 1. The largest absolute Gasteiger partial charge is 0.496 e. The zero-order chi connectivity index (χ0) is 19.8. The van der Waals surface area contributed by atoms with E-state index in [-0.39, 0.29) is 11.8 Å². The number of carbonyl (C=O) groups is 1. The predicted octanol–water partition coefficient (Wildman–Crippen LogP) is 4.07. The fraction of sp³-hybridized carbons (Fsp3) is 0.150. The van der Waals surface area contributed by atoms with Gasteiger partial charge in [0.15, 0.2) is 0 Å². The number of hydrogen-bond acceptors (Lipinski definition) is 6. The lowest BCUT2D eigenvalue weighted by molar-refractivity contribution is -0.113. The first-order chi connectivity index (χ1) is 13.7. The van der Waals surface area contributed by atoms with E-state index < -0.39 is 0 Å². The van der Waals surface area contributed by atoms with Crippen molar-refractivity contribution in [2.24, 2.45) is 0 Å². The molecule has 3 aromatic rings. The molecule has 0 fully saturated rings. The number of nitrogens with zero attached hydrogens (tertiary/aromatic N) is 2. The number of nitrogens with one attached hydrogen (secondary N) is 2. The number of hydrogen-bond donors (Lipinski definition) is 2. The van der Waals surface area contributed by atoms with Gasteiger partial charge in [-0.1, -0.05) is 24.3 Å². The maximum atomic E-state index is 11.4. The molecule has 0 saturated heterocycles. The van der Waals surface area contributed by atoms with E-state index in [1.807, 2.05) is 24.3 Å². The Morgan fingerprint density at radius 2 is 1.96 bits per heavy atom. The minimum atomic E-state index is -0.288. The number of benzene rings is 2. The summed E-state index contributed by atoms with van der Waals surface area (Å²) in [5, 5.41) is 5.89. The Balaban J connectivity index is 1.66. The molecule has 0 aliphatic carbocycles. The monoisotopic (exact) mass is 398 g/mol. The van der Waals surface area contributed by atoms with E-state index in [9.17, 15) is 4.79 Å². The standard InChI is InChI=1S/C20H19ClN4O3/c1-27-17-8-3-2-5-14(17)12-22-18-10-20(24-13-23-18)28-16-7-4-6-15(9-16)25-19(26)11-21/h2-10,13H,11-12H2,1H3,(H,25,26)(H,22,23,24). The van der Waals surface area contributed by atoms with Gasteiger partial charge in [-0.3, -0.25) is 4.79 Å². The minimum Gasteiger partial charge on any atom is -0.496 e. The van der Waals surface area contributed by atoms with E-state index in [4.69, 9.17) is 21.1 Å². The summed E-state index contributed by atoms with van der Waals surface area (Å²) in [5.41, 5.74) is 1.60. The van der Waals surface area contributed by atoms with Crippen molar-refractivity contribution in [3.63, 3.8) is 0 Å². The van der Waals surface area contributed by atoms with Crippen LogP contribution in [-0.4, -0.2) is 28.9 Å². The van der Waals surface area contributed by atoms with Crippen LogP contribution in [0.25, 0.3) is 0 Å². The van der Waals surface area contributed by atoms with Crippen LogP contribution in [0.1, 0.15) is 5.56 Å². The first-order valence-electron chi connectivity index (χ1n) is 8.49. The van der Waals surface area contributed by atoms with Crippen molar-refractivity contribution in [2.45, 2.75) is 6.54 Å². The lowest BCUT2D eigenvalue weighted by Gasteiger charge is -2.11. The second-order valence-electron chi connectivity index (χ2n) is 5.72. The molecule has 3 rings (SSSR count). The number of anilines is 2. The number of ether oxygens (including phenoxy) is 2. The van der Waals surface area contributed by atoms with Crippen LogP contribution >= 0.6 is 11.6 Å². The molecule has 2 aromatic carbocycles. The summed E-state index contributed by atoms with van der Waals surface area (Å²) in [5.74, 6) is 1.92. The van der Waals surface area contributed by atoms with Crippen molar-refractivity contribution in [2.75, 3.05) is 23.6 Å². The third-order valence-electron chi connectivity index (χ3n) is 3.76. The van der Waals surface area contributed by atoms with E-state index in [0.29, 0.717) is 29.7 Å². The van der Waals surface area contributed by atoms with Crippen LogP contribution in [0.4, 0.5) is 11.5 Å². The second kappa shape index (κ2) is 9.57. The van der Waals surface area contributed by atoms with E-state index >= 15 is 0 Å². The van der Waals surface area contributed by atoms with Gasteiger partial charge in [0.2, 0.25) is 11.8 Å². The van der Waals surface area contributed by atoms with E-state index in [1.165, 1.54) is 6.33 Å². The Morgan fingerprint density at radius 3 is 2.79 bits per heavy atom. The Morgan fingerprint density at radius 1 is 1.11 bits per heavy atom. The molecule has 1 amide bonds. The normalized spacial score (nSPS) is 10.2. The van der Waals surface area contributed by atoms with Gasteiger partial charge >= 0.3 is 0 Å². The Kier molecular flexibility index (Phi) is 6.64. The smallest absolute Gasteiger partial charge is 0.239 e. The highest BCUT2D eigenvalue weighted by atomic mass is 35.5. The van der Waals surface area contributed by atoms with Crippen LogP contribution in [0.2, 0.25) is 0 Å². The Labute approximate surface area is 167 Å². The van der Waals surface area contributed by atoms with Crippen LogP contribution in [0.15, 0.2) is 60.9 Å². The molecule has 7 nitrogen and oxygen atoms in total. The fourth-order valence-corrected chi connectivity index (χ4v) is 2.55. The van der Waals surface area contributed by atoms with Crippen molar-refractivity contribution in [3.05, 3.63) is 66.5 Å². The van der Waals surface area contributed by atoms with E-state index in [2.05, 4.69) is 20.6 Å². The molecule has 0 saturated carbocycles. The molecule has 0 aliphatic rings. The first-order valence-corrected chi connectivity index (χ1v) is 9.03. The van der Waals surface area contributed by atoms with Gasteiger partial charge in [0.1, 0.15) is 29.5 Å². The molecule has 8 heteroatoms. The topological polar surface area (TPSA) is 85.4 Å². The molecule has 0 unspecified atom stereocenters. The van der Waals surface area contributed by atoms with Crippen LogP contribution in [0.5, 0.6) is 17.4 Å². The number of aromatic nitrogens is 2. The SMILES string of the molecule is COc1ccccc1CNc1cc(Oc2cccc(NC(=O)CCl)c2)ncn1. The minimum absolute atomic E-state index is 0.113. The molecule has 144 valence electrons. The van der Waals surface area contributed by atoms with Gasteiger partial charge in [0.05, 0.1) is 7.11 Å². The molecule has 0 spiro atoms. The highest BCUT2D eigenvalue weighted by molar-refractivity contribution is 6.29. The molecule has 2 N–H and O–H groups in total. The van der Waals surface area contributed by atoms with Gasteiger partial charge in [0, 0.05) is 29.9 Å². The number of methoxy groups -OCH3 is 1. The van der Waals surface area contributed by atoms with E-state index in [1.54, 1.807) is 37.4 Å². The summed E-state index contributed by atoms with van der Waals surface area (Å²) in [6.07, 6.45) is 1.42. The van der Waals surface area contributed by atoms with Gasteiger partial charge in [0.25, 0.3) is 0 Å². The number of para-hydroxylation sites is 1. The lowest BCUT2D eigenvalue weighted by Crippen LogP contribution is -2.12. The van der Waals surface area contributed by atoms with Crippen molar-refractivity contribution >= 4 is 29.0 Å². The summed E-state index contributed by atoms with van der Waals surface area (Å²) in [6, 6.07) is 16.4. The molecule has 0 bridgehead atoms. The molecular formula is C20H19ClN4O3. The lowest BCUT2D eigenvalue weighted by atomic mass is 10.2. The van der Waals surface area contributed by atoms with Crippen LogP contribution in [-0.2, 0) is 11.3 Å². The van der Waals surface area contributed by atoms with Gasteiger partial charge in [-0.05, 0) is 18.2 Å². The average Bonchev–Trinajstić information content (AvgIpc) is 2.73. The van der Waals surface area contributed by atoms with Crippen molar-refractivity contribution in [1.82, 2.24) is 9.97 Å². The zero-order valence-electron chi connectivity index (χ0n) is 15.2. The Bertz CT molecular complexity index is 952. The third kappa shape index (κ3) is 5.34. The molecule has 1 heterocycles. The highest BCUT2D eigenvalue weighted by Gasteiger charge is 2.06. The molecule has 0 aliphatic heterocycles. The molecule has 0 radical (unpaired) electrons. The van der Waals surface area contributed by atoms with E-state index in [0.717, 1.165) is 11.3 Å². The summed E-state index contributed by atoms with van der Waals surface area (Å²) in [4.78, 5) is 19.7. The van der Waals surface area contributed by atoms with Gasteiger partial charge in [-0.15, -0.1) is 11.6 Å². The summed E-state index contributed by atoms with van der Waals surface area (Å²) < 4.78 is 11.1. The van der Waals surface area contributed by atoms with Crippen LogP contribution in [0, 0.1) is 0 Å².